The minimum Gasteiger partial charge on any atom is -0.481 e. The lowest BCUT2D eigenvalue weighted by molar-refractivity contribution is -0.137. The van der Waals surface area contributed by atoms with Gasteiger partial charge in [-0.15, -0.1) is 0 Å². The van der Waals surface area contributed by atoms with Gasteiger partial charge >= 0.3 is 5.97 Å². The van der Waals surface area contributed by atoms with Crippen molar-refractivity contribution in [1.29, 1.82) is 0 Å². The van der Waals surface area contributed by atoms with Crippen LogP contribution in [-0.2, 0) is 4.79 Å². The van der Waals surface area contributed by atoms with Crippen LogP contribution in [0.15, 0.2) is 0 Å². The smallest absolute Gasteiger partial charge is 0.303 e. The molecule has 0 aromatic carbocycles. The molecular formula is C8H16O3S. The Morgan fingerprint density at radius 3 is 2.67 bits per heavy atom. The Kier molecular flexibility index (Phi) is 7.29. The van der Waals surface area contributed by atoms with E-state index >= 15 is 0 Å². The second-order valence-corrected chi connectivity index (χ2v) is 4.26. The van der Waals surface area contributed by atoms with E-state index in [0.717, 1.165) is 18.6 Å². The first-order valence-corrected chi connectivity index (χ1v) is 5.16. The van der Waals surface area contributed by atoms with Crippen LogP contribution in [0.2, 0.25) is 0 Å². The molecule has 0 bridgehead atoms. The van der Waals surface area contributed by atoms with E-state index in [-0.39, 0.29) is 18.3 Å². The lowest BCUT2D eigenvalue weighted by atomic mass is 10.2. The Balaban J connectivity index is 3.05. The molecule has 0 heterocycles. The Morgan fingerprint density at radius 1 is 1.50 bits per heavy atom. The van der Waals surface area contributed by atoms with E-state index in [1.54, 1.807) is 11.8 Å². The molecule has 3 nitrogen and oxygen atoms in total. The van der Waals surface area contributed by atoms with Gasteiger partial charge in [0.05, 0.1) is 6.61 Å². The highest BCUT2D eigenvalue weighted by atomic mass is 32.2. The van der Waals surface area contributed by atoms with Crippen LogP contribution >= 0.6 is 11.8 Å². The Morgan fingerprint density at radius 2 is 2.17 bits per heavy atom. The molecule has 0 saturated heterocycles. The fourth-order valence-corrected chi connectivity index (χ4v) is 1.59. The molecule has 0 aliphatic heterocycles. The van der Waals surface area contributed by atoms with Gasteiger partial charge < -0.3 is 10.2 Å². The number of carboxylic acid groups (broad SMARTS) is 1. The fraction of sp³-hybridized carbons (Fsp3) is 0.875. The molecule has 72 valence electrons. The van der Waals surface area contributed by atoms with Crippen molar-refractivity contribution in [2.75, 3.05) is 12.4 Å². The van der Waals surface area contributed by atoms with E-state index < -0.39 is 5.97 Å². The predicted octanol–water partition coefficient (Wildman–Crippen LogP) is 1.36. The van der Waals surface area contributed by atoms with Crippen LogP contribution in [0.5, 0.6) is 0 Å². The maximum Gasteiger partial charge on any atom is 0.303 e. The Bertz CT molecular complexity index is 127. The number of thioether (sulfide) groups is 1. The highest BCUT2D eigenvalue weighted by molar-refractivity contribution is 7.99. The molecule has 0 aliphatic rings. The van der Waals surface area contributed by atoms with Gasteiger partial charge in [0.25, 0.3) is 0 Å². The SMILES string of the molecule is CC(CO)SCCCCC(=O)O. The third kappa shape index (κ3) is 7.88. The van der Waals surface area contributed by atoms with Crippen molar-refractivity contribution in [3.63, 3.8) is 0 Å². The molecule has 2 N–H and O–H groups in total. The lowest BCUT2D eigenvalue weighted by Crippen LogP contribution is -2.03. The molecule has 4 heteroatoms. The Labute approximate surface area is 77.2 Å². The summed E-state index contributed by atoms with van der Waals surface area (Å²) in [5.41, 5.74) is 0. The molecule has 0 radical (unpaired) electrons. The number of carboxylic acids is 1. The minimum absolute atomic E-state index is 0.198. The van der Waals surface area contributed by atoms with Gasteiger partial charge in [-0.3, -0.25) is 4.79 Å². The highest BCUT2D eigenvalue weighted by Crippen LogP contribution is 2.12. The van der Waals surface area contributed by atoms with Gasteiger partial charge in [-0.25, -0.2) is 0 Å². The summed E-state index contributed by atoms with van der Waals surface area (Å²) in [4.78, 5) is 10.1. The van der Waals surface area contributed by atoms with Crippen LogP contribution in [0.4, 0.5) is 0 Å². The van der Waals surface area contributed by atoms with E-state index in [0.29, 0.717) is 0 Å². The number of hydrogen-bond acceptors (Lipinski definition) is 3. The molecule has 0 aliphatic carbocycles. The van der Waals surface area contributed by atoms with Crippen molar-refractivity contribution in [2.24, 2.45) is 0 Å². The monoisotopic (exact) mass is 192 g/mol. The van der Waals surface area contributed by atoms with Crippen LogP contribution in [0.25, 0.3) is 0 Å². The number of aliphatic carboxylic acids is 1. The highest BCUT2D eigenvalue weighted by Gasteiger charge is 2.00. The number of hydrogen-bond donors (Lipinski definition) is 2. The maximum atomic E-state index is 10.1. The second-order valence-electron chi connectivity index (χ2n) is 2.71. The van der Waals surface area contributed by atoms with Crippen molar-refractivity contribution in [1.82, 2.24) is 0 Å². The third-order valence-electron chi connectivity index (χ3n) is 1.44. The maximum absolute atomic E-state index is 10.1. The standard InChI is InChI=1S/C8H16O3S/c1-7(6-9)12-5-3-2-4-8(10)11/h7,9H,2-6H2,1H3,(H,10,11). The molecule has 12 heavy (non-hydrogen) atoms. The van der Waals surface area contributed by atoms with Crippen molar-refractivity contribution in [3.8, 4) is 0 Å². The van der Waals surface area contributed by atoms with Crippen LogP contribution in [0, 0.1) is 0 Å². The zero-order chi connectivity index (χ0) is 9.40. The Hall–Kier alpha value is -0.220. The third-order valence-corrected chi connectivity index (χ3v) is 2.69. The normalized spacial score (nSPS) is 12.8. The van der Waals surface area contributed by atoms with Gasteiger partial charge in [0.1, 0.15) is 0 Å². The molecule has 1 atom stereocenters. The predicted molar refractivity (Wildman–Crippen MR) is 50.5 cm³/mol. The van der Waals surface area contributed by atoms with E-state index in [1.807, 2.05) is 6.92 Å². The first-order valence-electron chi connectivity index (χ1n) is 4.11. The zero-order valence-corrected chi connectivity index (χ0v) is 8.14. The van der Waals surface area contributed by atoms with Gasteiger partial charge in [0, 0.05) is 11.7 Å². The number of aliphatic hydroxyl groups excluding tert-OH is 1. The van der Waals surface area contributed by atoms with Gasteiger partial charge in [-0.2, -0.15) is 11.8 Å². The second kappa shape index (κ2) is 7.43. The number of rotatable bonds is 7. The lowest BCUT2D eigenvalue weighted by Gasteiger charge is -2.05. The number of carbonyl (C=O) groups is 1. The summed E-state index contributed by atoms with van der Waals surface area (Å²) in [6.45, 7) is 2.16. The molecular weight excluding hydrogens is 176 g/mol. The molecule has 0 fully saturated rings. The van der Waals surface area contributed by atoms with Crippen LogP contribution < -0.4 is 0 Å². The van der Waals surface area contributed by atoms with Crippen LogP contribution in [-0.4, -0.2) is 33.8 Å². The van der Waals surface area contributed by atoms with E-state index in [4.69, 9.17) is 10.2 Å². The van der Waals surface area contributed by atoms with Gasteiger partial charge in [-0.05, 0) is 18.6 Å². The average molecular weight is 192 g/mol. The zero-order valence-electron chi connectivity index (χ0n) is 7.32. The summed E-state index contributed by atoms with van der Waals surface area (Å²) >= 11 is 1.69. The largest absolute Gasteiger partial charge is 0.481 e. The average Bonchev–Trinajstić information content (AvgIpc) is 2.03. The summed E-state index contributed by atoms with van der Waals surface area (Å²) in [6, 6.07) is 0. The number of aliphatic hydroxyl groups is 1. The van der Waals surface area contributed by atoms with Crippen molar-refractivity contribution >= 4 is 17.7 Å². The van der Waals surface area contributed by atoms with Gasteiger partial charge in [0.15, 0.2) is 0 Å². The summed E-state index contributed by atoms with van der Waals surface area (Å²) in [5, 5.41) is 17.3. The first kappa shape index (κ1) is 11.8. The summed E-state index contributed by atoms with van der Waals surface area (Å²) in [7, 11) is 0. The molecule has 0 aromatic rings. The summed E-state index contributed by atoms with van der Waals surface area (Å²) < 4.78 is 0. The molecule has 1 unspecified atom stereocenters. The first-order chi connectivity index (χ1) is 5.66. The molecule has 0 saturated carbocycles. The number of unbranched alkanes of at least 4 members (excludes halogenated alkanes) is 1. The summed E-state index contributed by atoms with van der Waals surface area (Å²) in [5.74, 6) is 0.213. The van der Waals surface area contributed by atoms with Crippen LogP contribution in [0.3, 0.4) is 0 Å². The van der Waals surface area contributed by atoms with Gasteiger partial charge in [-0.1, -0.05) is 6.92 Å². The minimum atomic E-state index is -0.727. The molecule has 0 aromatic heterocycles. The quantitative estimate of drug-likeness (QED) is 0.598. The van der Waals surface area contributed by atoms with Crippen LogP contribution in [0.1, 0.15) is 26.2 Å². The molecule has 0 rings (SSSR count). The van der Waals surface area contributed by atoms with Gasteiger partial charge in [0.2, 0.25) is 0 Å². The van der Waals surface area contributed by atoms with Crippen molar-refractivity contribution in [3.05, 3.63) is 0 Å². The summed E-state index contributed by atoms with van der Waals surface area (Å²) in [6.07, 6.45) is 1.91. The molecule has 0 amide bonds. The fourth-order valence-electron chi connectivity index (χ4n) is 0.716. The molecule has 0 spiro atoms. The van der Waals surface area contributed by atoms with E-state index in [1.165, 1.54) is 0 Å². The van der Waals surface area contributed by atoms with E-state index in [9.17, 15) is 4.79 Å². The van der Waals surface area contributed by atoms with Crippen molar-refractivity contribution < 1.29 is 15.0 Å². The topological polar surface area (TPSA) is 57.5 Å². The van der Waals surface area contributed by atoms with Crippen molar-refractivity contribution in [2.45, 2.75) is 31.4 Å². The van der Waals surface area contributed by atoms with E-state index in [2.05, 4.69) is 0 Å².